The fraction of sp³-hybridized carbons (Fsp3) is 0.278. The average molecular weight is 361 g/mol. The van der Waals surface area contributed by atoms with Crippen molar-refractivity contribution < 1.29 is 13.2 Å². The number of benzene rings is 2. The van der Waals surface area contributed by atoms with Crippen LogP contribution in [0.15, 0.2) is 54.6 Å². The molecule has 6 nitrogen and oxygen atoms in total. The summed E-state index contributed by atoms with van der Waals surface area (Å²) in [4.78, 5) is 12.4. The number of nitrogens with one attached hydrogen (secondary N) is 1. The predicted octanol–water partition coefficient (Wildman–Crippen LogP) is 2.42. The van der Waals surface area contributed by atoms with Gasteiger partial charge in [-0.3, -0.25) is 9.10 Å². The standard InChI is InChI=1S/C18H23N3O3S/c1-14(15-8-6-5-7-9-15)19-18(22)16-10-12-17(13-11-16)21(4)25(23,24)20(2)3/h5-14H,1-4H3,(H,19,22)/t14-/m0/s1. The van der Waals surface area contributed by atoms with E-state index in [1.165, 1.54) is 25.4 Å². The molecule has 0 aliphatic heterocycles. The Kier molecular flexibility index (Phi) is 5.81. The molecular formula is C18H23N3O3S. The van der Waals surface area contributed by atoms with Gasteiger partial charge in [0, 0.05) is 26.7 Å². The molecule has 0 unspecified atom stereocenters. The molecule has 134 valence electrons. The number of rotatable bonds is 6. The highest BCUT2D eigenvalue weighted by molar-refractivity contribution is 7.90. The zero-order valence-corrected chi connectivity index (χ0v) is 15.6. The summed E-state index contributed by atoms with van der Waals surface area (Å²) in [5.41, 5.74) is 1.98. The van der Waals surface area contributed by atoms with Crippen LogP contribution in [-0.4, -0.2) is 39.8 Å². The maximum atomic E-state index is 12.4. The summed E-state index contributed by atoms with van der Waals surface area (Å²) in [5.74, 6) is -0.207. The van der Waals surface area contributed by atoms with E-state index in [9.17, 15) is 13.2 Å². The fourth-order valence-corrected chi connectivity index (χ4v) is 3.18. The van der Waals surface area contributed by atoms with Crippen LogP contribution in [0, 0.1) is 0 Å². The summed E-state index contributed by atoms with van der Waals surface area (Å²) < 4.78 is 26.6. The largest absolute Gasteiger partial charge is 0.346 e. The van der Waals surface area contributed by atoms with Crippen molar-refractivity contribution in [1.82, 2.24) is 9.62 Å². The van der Waals surface area contributed by atoms with Gasteiger partial charge in [-0.2, -0.15) is 12.7 Å². The lowest BCUT2D eigenvalue weighted by Crippen LogP contribution is -2.37. The van der Waals surface area contributed by atoms with E-state index in [1.807, 2.05) is 37.3 Å². The Morgan fingerprint density at radius 3 is 2.04 bits per heavy atom. The minimum absolute atomic E-state index is 0.120. The fourth-order valence-electron chi connectivity index (χ4n) is 2.31. The Labute approximate surface area is 149 Å². The van der Waals surface area contributed by atoms with Crippen molar-refractivity contribution in [2.45, 2.75) is 13.0 Å². The molecular weight excluding hydrogens is 338 g/mol. The number of amides is 1. The first-order valence-electron chi connectivity index (χ1n) is 7.85. The van der Waals surface area contributed by atoms with E-state index in [1.54, 1.807) is 24.3 Å². The van der Waals surface area contributed by atoms with Crippen molar-refractivity contribution in [2.75, 3.05) is 25.4 Å². The molecule has 0 aliphatic carbocycles. The van der Waals surface area contributed by atoms with Crippen LogP contribution in [0.2, 0.25) is 0 Å². The van der Waals surface area contributed by atoms with Gasteiger partial charge in [0.1, 0.15) is 0 Å². The van der Waals surface area contributed by atoms with Crippen LogP contribution in [0.5, 0.6) is 0 Å². The summed E-state index contributed by atoms with van der Waals surface area (Å²) in [6.45, 7) is 1.92. The lowest BCUT2D eigenvalue weighted by atomic mass is 10.1. The normalized spacial score (nSPS) is 12.7. The van der Waals surface area contributed by atoms with Crippen LogP contribution in [0.25, 0.3) is 0 Å². The number of nitrogens with zero attached hydrogens (tertiary/aromatic N) is 2. The number of anilines is 1. The van der Waals surface area contributed by atoms with Gasteiger partial charge in [0.05, 0.1) is 11.7 Å². The summed E-state index contributed by atoms with van der Waals surface area (Å²) in [5, 5.41) is 2.93. The molecule has 0 aliphatic rings. The maximum Gasteiger partial charge on any atom is 0.303 e. The maximum absolute atomic E-state index is 12.4. The monoisotopic (exact) mass is 361 g/mol. The highest BCUT2D eigenvalue weighted by atomic mass is 32.2. The second-order valence-electron chi connectivity index (χ2n) is 5.91. The molecule has 0 saturated heterocycles. The molecule has 2 aromatic rings. The highest BCUT2D eigenvalue weighted by Gasteiger charge is 2.21. The van der Waals surface area contributed by atoms with Gasteiger partial charge < -0.3 is 5.32 Å². The van der Waals surface area contributed by atoms with E-state index in [4.69, 9.17) is 0 Å². The first-order valence-corrected chi connectivity index (χ1v) is 9.25. The van der Waals surface area contributed by atoms with Gasteiger partial charge in [0.25, 0.3) is 5.91 Å². The van der Waals surface area contributed by atoms with Crippen LogP contribution in [0.3, 0.4) is 0 Å². The number of hydrogen-bond donors (Lipinski definition) is 1. The molecule has 0 bridgehead atoms. The SMILES string of the molecule is C[C@H](NC(=O)c1ccc(N(C)S(=O)(=O)N(C)C)cc1)c1ccccc1. The van der Waals surface area contributed by atoms with Crippen LogP contribution < -0.4 is 9.62 Å². The van der Waals surface area contributed by atoms with Gasteiger partial charge in [0.2, 0.25) is 0 Å². The zero-order valence-electron chi connectivity index (χ0n) is 14.8. The third kappa shape index (κ3) is 4.37. The second kappa shape index (κ2) is 7.67. The molecule has 0 spiro atoms. The Balaban J connectivity index is 2.10. The van der Waals surface area contributed by atoms with E-state index in [2.05, 4.69) is 5.32 Å². The smallest absolute Gasteiger partial charge is 0.303 e. The lowest BCUT2D eigenvalue weighted by molar-refractivity contribution is 0.0940. The molecule has 0 radical (unpaired) electrons. The molecule has 0 fully saturated rings. The van der Waals surface area contributed by atoms with Crippen LogP contribution >= 0.6 is 0 Å². The summed E-state index contributed by atoms with van der Waals surface area (Å²) in [7, 11) is 0.864. The van der Waals surface area contributed by atoms with Crippen molar-refractivity contribution in [3.8, 4) is 0 Å². The van der Waals surface area contributed by atoms with E-state index >= 15 is 0 Å². The van der Waals surface area contributed by atoms with Crippen molar-refractivity contribution in [3.05, 3.63) is 65.7 Å². The third-order valence-corrected chi connectivity index (χ3v) is 5.77. The minimum atomic E-state index is -3.55. The van der Waals surface area contributed by atoms with Gasteiger partial charge >= 0.3 is 10.2 Å². The molecule has 2 aromatic carbocycles. The van der Waals surface area contributed by atoms with E-state index < -0.39 is 10.2 Å². The molecule has 1 atom stereocenters. The quantitative estimate of drug-likeness (QED) is 0.859. The van der Waals surface area contributed by atoms with Gasteiger partial charge in [-0.1, -0.05) is 30.3 Å². The first kappa shape index (κ1) is 19.0. The van der Waals surface area contributed by atoms with Crippen molar-refractivity contribution in [3.63, 3.8) is 0 Å². The number of carbonyl (C=O) groups is 1. The molecule has 1 N–H and O–H groups in total. The Morgan fingerprint density at radius 2 is 1.52 bits per heavy atom. The van der Waals surface area contributed by atoms with Crippen LogP contribution in [0.4, 0.5) is 5.69 Å². The Hall–Kier alpha value is -2.38. The molecule has 2 rings (SSSR count). The van der Waals surface area contributed by atoms with Gasteiger partial charge in [0.15, 0.2) is 0 Å². The zero-order chi connectivity index (χ0) is 18.6. The molecule has 25 heavy (non-hydrogen) atoms. The molecule has 0 heterocycles. The highest BCUT2D eigenvalue weighted by Crippen LogP contribution is 2.19. The summed E-state index contributed by atoms with van der Waals surface area (Å²) in [6.07, 6.45) is 0. The molecule has 7 heteroatoms. The first-order chi connectivity index (χ1) is 11.7. The second-order valence-corrected chi connectivity index (χ2v) is 8.08. The average Bonchev–Trinajstić information content (AvgIpc) is 2.61. The van der Waals surface area contributed by atoms with Crippen molar-refractivity contribution in [1.29, 1.82) is 0 Å². The molecule has 0 saturated carbocycles. The number of carbonyl (C=O) groups excluding carboxylic acids is 1. The van der Waals surface area contributed by atoms with Gasteiger partial charge in [-0.05, 0) is 36.8 Å². The molecule has 1 amide bonds. The molecule has 0 aromatic heterocycles. The minimum Gasteiger partial charge on any atom is -0.346 e. The van der Waals surface area contributed by atoms with Crippen LogP contribution in [0.1, 0.15) is 28.9 Å². The van der Waals surface area contributed by atoms with Crippen LogP contribution in [-0.2, 0) is 10.2 Å². The van der Waals surface area contributed by atoms with Crippen molar-refractivity contribution >= 4 is 21.8 Å². The van der Waals surface area contributed by atoms with Gasteiger partial charge in [-0.25, -0.2) is 0 Å². The number of hydrogen-bond acceptors (Lipinski definition) is 3. The lowest BCUT2D eigenvalue weighted by Gasteiger charge is -2.23. The van der Waals surface area contributed by atoms with E-state index in [-0.39, 0.29) is 11.9 Å². The topological polar surface area (TPSA) is 69.7 Å². The Bertz CT molecular complexity index is 818. The third-order valence-electron chi connectivity index (χ3n) is 3.95. The summed E-state index contributed by atoms with van der Waals surface area (Å²) >= 11 is 0. The predicted molar refractivity (Wildman–Crippen MR) is 99.8 cm³/mol. The van der Waals surface area contributed by atoms with E-state index in [0.29, 0.717) is 11.3 Å². The summed E-state index contributed by atoms with van der Waals surface area (Å²) in [6, 6.07) is 16.0. The van der Waals surface area contributed by atoms with E-state index in [0.717, 1.165) is 9.87 Å². The van der Waals surface area contributed by atoms with Gasteiger partial charge in [-0.15, -0.1) is 0 Å². The van der Waals surface area contributed by atoms with Crippen molar-refractivity contribution in [2.24, 2.45) is 0 Å². The Morgan fingerprint density at radius 1 is 0.960 bits per heavy atom.